The maximum Gasteiger partial charge on any atom is -0.0320 e. The maximum absolute atomic E-state index is 2.33. The Morgan fingerprint density at radius 1 is 1.33 bits per heavy atom. The van der Waals surface area contributed by atoms with E-state index in [2.05, 4.69) is 26.0 Å². The van der Waals surface area contributed by atoms with Crippen LogP contribution in [0.15, 0.2) is 12.2 Å². The van der Waals surface area contributed by atoms with Crippen molar-refractivity contribution in [2.24, 2.45) is 11.8 Å². The summed E-state index contributed by atoms with van der Waals surface area (Å²) in [5, 5.41) is 0. The smallest absolute Gasteiger partial charge is 0.0320 e. The third-order valence-electron chi connectivity index (χ3n) is 2.25. The van der Waals surface area contributed by atoms with Gasteiger partial charge in [-0.1, -0.05) is 26.0 Å². The van der Waals surface area contributed by atoms with Crippen molar-refractivity contribution in [1.82, 2.24) is 0 Å². The van der Waals surface area contributed by atoms with Crippen molar-refractivity contribution in [3.05, 3.63) is 12.2 Å². The van der Waals surface area contributed by atoms with Crippen LogP contribution in [0.2, 0.25) is 0 Å². The average Bonchev–Trinajstić information content (AvgIpc) is 1.90. The molecule has 0 aromatic carbocycles. The molecule has 0 heteroatoms. The molecule has 0 spiro atoms. The van der Waals surface area contributed by atoms with Gasteiger partial charge in [-0.3, -0.25) is 0 Å². The Balaban J connectivity index is 2.35. The van der Waals surface area contributed by atoms with E-state index >= 15 is 0 Å². The summed E-state index contributed by atoms with van der Waals surface area (Å²) >= 11 is 0. The Labute approximate surface area is 58.0 Å². The van der Waals surface area contributed by atoms with Crippen LogP contribution in [0, 0.1) is 11.8 Å². The lowest BCUT2D eigenvalue weighted by atomic mass is 9.85. The quantitative estimate of drug-likeness (QED) is 0.471. The van der Waals surface area contributed by atoms with E-state index in [1.165, 1.54) is 19.3 Å². The van der Waals surface area contributed by atoms with Crippen molar-refractivity contribution in [2.75, 3.05) is 0 Å². The molecule has 1 aliphatic carbocycles. The van der Waals surface area contributed by atoms with Crippen LogP contribution >= 0.6 is 0 Å². The topological polar surface area (TPSA) is 0 Å². The highest BCUT2D eigenvalue weighted by Gasteiger charge is 2.12. The molecule has 0 amide bonds. The number of hydrogen-bond donors (Lipinski definition) is 0. The van der Waals surface area contributed by atoms with Crippen molar-refractivity contribution >= 4 is 0 Å². The van der Waals surface area contributed by atoms with Gasteiger partial charge < -0.3 is 0 Å². The molecule has 0 saturated heterocycles. The molecule has 1 rings (SSSR count). The Morgan fingerprint density at radius 2 is 2.11 bits per heavy atom. The summed E-state index contributed by atoms with van der Waals surface area (Å²) in [6.07, 6.45) is 8.67. The highest BCUT2D eigenvalue weighted by atomic mass is 14.2. The summed E-state index contributed by atoms with van der Waals surface area (Å²) in [5.74, 6) is 1.85. The zero-order chi connectivity index (χ0) is 6.69. The van der Waals surface area contributed by atoms with Crippen LogP contribution in [-0.2, 0) is 0 Å². The van der Waals surface area contributed by atoms with Crippen LogP contribution < -0.4 is 0 Å². The van der Waals surface area contributed by atoms with Gasteiger partial charge in [0, 0.05) is 0 Å². The minimum Gasteiger partial charge on any atom is -0.0885 e. The van der Waals surface area contributed by atoms with Crippen molar-refractivity contribution in [1.29, 1.82) is 0 Å². The van der Waals surface area contributed by atoms with E-state index in [0.717, 1.165) is 11.8 Å². The molecule has 0 heterocycles. The molecule has 0 nitrogen and oxygen atoms in total. The van der Waals surface area contributed by atoms with Gasteiger partial charge in [-0.2, -0.15) is 0 Å². The first-order valence-corrected chi connectivity index (χ1v) is 3.95. The molecular weight excluding hydrogens is 108 g/mol. The van der Waals surface area contributed by atoms with E-state index in [1.54, 1.807) is 0 Å². The first-order chi connectivity index (χ1) is 4.30. The molecule has 0 N–H and O–H groups in total. The molecule has 0 saturated carbocycles. The zero-order valence-electron chi connectivity index (χ0n) is 6.43. The maximum atomic E-state index is 2.33. The molecule has 0 fully saturated rings. The predicted octanol–water partition coefficient (Wildman–Crippen LogP) is 3.00. The van der Waals surface area contributed by atoms with E-state index < -0.39 is 0 Å². The summed E-state index contributed by atoms with van der Waals surface area (Å²) < 4.78 is 0. The highest BCUT2D eigenvalue weighted by molar-refractivity contribution is 4.90. The van der Waals surface area contributed by atoms with Gasteiger partial charge in [0.15, 0.2) is 0 Å². The van der Waals surface area contributed by atoms with E-state index in [4.69, 9.17) is 0 Å². The van der Waals surface area contributed by atoms with Crippen molar-refractivity contribution in [3.63, 3.8) is 0 Å². The summed E-state index contributed by atoms with van der Waals surface area (Å²) in [4.78, 5) is 0. The molecule has 52 valence electrons. The van der Waals surface area contributed by atoms with Crippen LogP contribution in [0.5, 0.6) is 0 Å². The molecule has 0 unspecified atom stereocenters. The molecule has 9 heavy (non-hydrogen) atoms. The summed E-state index contributed by atoms with van der Waals surface area (Å²) in [7, 11) is 0. The Kier molecular flexibility index (Phi) is 2.32. The van der Waals surface area contributed by atoms with Crippen LogP contribution in [0.4, 0.5) is 0 Å². The van der Waals surface area contributed by atoms with Gasteiger partial charge in [-0.05, 0) is 31.1 Å². The van der Waals surface area contributed by atoms with E-state index in [0.29, 0.717) is 0 Å². The molecule has 0 bridgehead atoms. The first kappa shape index (κ1) is 6.85. The van der Waals surface area contributed by atoms with E-state index in [9.17, 15) is 0 Å². The normalized spacial score (nSPS) is 27.2. The van der Waals surface area contributed by atoms with Crippen LogP contribution in [0.3, 0.4) is 0 Å². The zero-order valence-corrected chi connectivity index (χ0v) is 6.43. The van der Waals surface area contributed by atoms with Gasteiger partial charge in [-0.15, -0.1) is 0 Å². The molecule has 0 aromatic rings. The first-order valence-electron chi connectivity index (χ1n) is 3.95. The van der Waals surface area contributed by atoms with Crippen molar-refractivity contribution < 1.29 is 0 Å². The van der Waals surface area contributed by atoms with Crippen LogP contribution in [0.1, 0.15) is 33.1 Å². The second-order valence-corrected chi connectivity index (χ2v) is 3.29. The Hall–Kier alpha value is -0.260. The molecule has 0 aliphatic heterocycles. The summed E-state index contributed by atoms with van der Waals surface area (Å²) in [6, 6.07) is 0. The number of allylic oxidation sites excluding steroid dienone is 2. The molecule has 0 radical (unpaired) electrons. The summed E-state index contributed by atoms with van der Waals surface area (Å²) in [6.45, 7) is 4.65. The predicted molar refractivity (Wildman–Crippen MR) is 41.3 cm³/mol. The SMILES string of the molecule is CC(C)[C@@H]1CC=CCC1. The molecule has 1 aliphatic rings. The molecular formula is C9H16. The van der Waals surface area contributed by atoms with Gasteiger partial charge in [-0.25, -0.2) is 0 Å². The lowest BCUT2D eigenvalue weighted by Gasteiger charge is -2.20. The standard InChI is InChI=1S/C9H16/c1-8(2)9-6-4-3-5-7-9/h3-4,8-9H,5-7H2,1-2H3/t9-/m1/s1. The lowest BCUT2D eigenvalue weighted by molar-refractivity contribution is 0.356. The van der Waals surface area contributed by atoms with Crippen LogP contribution in [0.25, 0.3) is 0 Å². The van der Waals surface area contributed by atoms with Gasteiger partial charge in [0.05, 0.1) is 0 Å². The van der Waals surface area contributed by atoms with Crippen molar-refractivity contribution in [3.8, 4) is 0 Å². The third-order valence-corrected chi connectivity index (χ3v) is 2.25. The van der Waals surface area contributed by atoms with Gasteiger partial charge in [0.25, 0.3) is 0 Å². The van der Waals surface area contributed by atoms with Crippen molar-refractivity contribution in [2.45, 2.75) is 33.1 Å². The fraction of sp³-hybridized carbons (Fsp3) is 0.778. The average molecular weight is 124 g/mol. The fourth-order valence-electron chi connectivity index (χ4n) is 1.42. The minimum absolute atomic E-state index is 0.884. The highest BCUT2D eigenvalue weighted by Crippen LogP contribution is 2.24. The van der Waals surface area contributed by atoms with Gasteiger partial charge in [0.1, 0.15) is 0 Å². The van der Waals surface area contributed by atoms with Crippen LogP contribution in [-0.4, -0.2) is 0 Å². The summed E-state index contributed by atoms with van der Waals surface area (Å²) in [5.41, 5.74) is 0. The second kappa shape index (κ2) is 3.05. The number of rotatable bonds is 1. The Bertz CT molecular complexity index is 101. The fourth-order valence-corrected chi connectivity index (χ4v) is 1.42. The van der Waals surface area contributed by atoms with E-state index in [-0.39, 0.29) is 0 Å². The second-order valence-electron chi connectivity index (χ2n) is 3.29. The molecule has 0 aromatic heterocycles. The Morgan fingerprint density at radius 3 is 2.44 bits per heavy atom. The van der Waals surface area contributed by atoms with Gasteiger partial charge >= 0.3 is 0 Å². The third kappa shape index (κ3) is 1.85. The van der Waals surface area contributed by atoms with Gasteiger partial charge in [0.2, 0.25) is 0 Å². The number of hydrogen-bond acceptors (Lipinski definition) is 0. The molecule has 1 atom stereocenters. The minimum atomic E-state index is 0.884. The largest absolute Gasteiger partial charge is 0.0885 e. The monoisotopic (exact) mass is 124 g/mol. The van der Waals surface area contributed by atoms with E-state index in [1.807, 2.05) is 0 Å². The lowest BCUT2D eigenvalue weighted by Crippen LogP contribution is -2.09.